The van der Waals surface area contributed by atoms with Gasteiger partial charge >= 0.3 is 12.3 Å². The van der Waals surface area contributed by atoms with Crippen LogP contribution in [0.15, 0.2) is 18.2 Å². The first kappa shape index (κ1) is 18.8. The van der Waals surface area contributed by atoms with Crippen LogP contribution in [0.25, 0.3) is 0 Å². The summed E-state index contributed by atoms with van der Waals surface area (Å²) < 4.78 is 46.8. The second-order valence-electron chi connectivity index (χ2n) is 6.92. The van der Waals surface area contributed by atoms with E-state index in [1.54, 1.807) is 12.1 Å². The van der Waals surface area contributed by atoms with E-state index in [0.717, 1.165) is 19.3 Å². The SMILES string of the molecule is O=C(O)N1CCC2(CC1)C[C@H]2COCc1cccc(OCC(F)(F)F)n1. The molecule has 1 saturated carbocycles. The highest BCUT2D eigenvalue weighted by Gasteiger charge is 2.55. The molecule has 2 heterocycles. The van der Waals surface area contributed by atoms with E-state index in [1.807, 2.05) is 0 Å². The molecule has 1 aromatic heterocycles. The fraction of sp³-hybridized carbons (Fsp3) is 0.647. The second kappa shape index (κ2) is 7.30. The molecular weight excluding hydrogens is 353 g/mol. The quantitative estimate of drug-likeness (QED) is 0.827. The average Bonchev–Trinajstić information content (AvgIpc) is 3.25. The van der Waals surface area contributed by atoms with Gasteiger partial charge in [-0.2, -0.15) is 13.2 Å². The van der Waals surface area contributed by atoms with Crippen molar-refractivity contribution in [1.29, 1.82) is 0 Å². The van der Waals surface area contributed by atoms with Gasteiger partial charge in [-0.15, -0.1) is 0 Å². The number of ether oxygens (including phenoxy) is 2. The normalized spacial score (nSPS) is 21.7. The number of aromatic nitrogens is 1. The molecule has 1 atom stereocenters. The van der Waals surface area contributed by atoms with Crippen LogP contribution in [0.4, 0.5) is 18.0 Å². The summed E-state index contributed by atoms with van der Waals surface area (Å²) in [7, 11) is 0. The van der Waals surface area contributed by atoms with Crippen LogP contribution in [0.2, 0.25) is 0 Å². The van der Waals surface area contributed by atoms with Crippen LogP contribution in [0.3, 0.4) is 0 Å². The first-order valence-corrected chi connectivity index (χ1v) is 8.49. The third-order valence-corrected chi connectivity index (χ3v) is 5.12. The maximum atomic E-state index is 12.2. The van der Waals surface area contributed by atoms with Gasteiger partial charge in [0.05, 0.1) is 18.9 Å². The topological polar surface area (TPSA) is 71.9 Å². The Bertz CT molecular complexity index is 645. The van der Waals surface area contributed by atoms with Gasteiger partial charge < -0.3 is 19.5 Å². The molecule has 0 aromatic carbocycles. The van der Waals surface area contributed by atoms with E-state index in [4.69, 9.17) is 9.84 Å². The Morgan fingerprint density at radius 1 is 1.35 bits per heavy atom. The predicted molar refractivity (Wildman–Crippen MR) is 84.8 cm³/mol. The molecule has 2 fully saturated rings. The number of likely N-dealkylation sites (tertiary alicyclic amines) is 1. The van der Waals surface area contributed by atoms with E-state index in [1.165, 1.54) is 11.0 Å². The molecule has 0 bridgehead atoms. The molecule has 1 aliphatic carbocycles. The Kier molecular flexibility index (Phi) is 5.27. The standard InChI is InChI=1S/C17H21F3N2O4/c18-17(19,20)11-26-14-3-1-2-13(21-14)10-25-9-12-8-16(12)4-6-22(7-5-16)15(23)24/h1-3,12H,4-11H2,(H,23,24)/t12-/m0/s1. The van der Waals surface area contributed by atoms with Crippen LogP contribution < -0.4 is 4.74 Å². The van der Waals surface area contributed by atoms with Gasteiger partial charge in [-0.25, -0.2) is 9.78 Å². The van der Waals surface area contributed by atoms with Crippen LogP contribution in [-0.2, 0) is 11.3 Å². The third kappa shape index (κ3) is 4.78. The van der Waals surface area contributed by atoms with E-state index in [9.17, 15) is 18.0 Å². The van der Waals surface area contributed by atoms with Crippen molar-refractivity contribution in [3.63, 3.8) is 0 Å². The average molecular weight is 374 g/mol. The van der Waals surface area contributed by atoms with Gasteiger partial charge in [0, 0.05) is 19.2 Å². The molecule has 0 radical (unpaired) electrons. The molecule has 1 N–H and O–H groups in total. The molecule has 1 spiro atoms. The fourth-order valence-corrected chi connectivity index (χ4v) is 3.50. The largest absolute Gasteiger partial charge is 0.468 e. The third-order valence-electron chi connectivity index (χ3n) is 5.12. The van der Waals surface area contributed by atoms with Crippen LogP contribution in [0, 0.1) is 11.3 Å². The summed E-state index contributed by atoms with van der Waals surface area (Å²) >= 11 is 0. The number of amides is 1. The maximum absolute atomic E-state index is 12.2. The van der Waals surface area contributed by atoms with E-state index < -0.39 is 18.9 Å². The minimum absolute atomic E-state index is 0.0765. The van der Waals surface area contributed by atoms with Crippen molar-refractivity contribution in [2.45, 2.75) is 32.0 Å². The van der Waals surface area contributed by atoms with Crippen LogP contribution in [-0.4, -0.2) is 53.6 Å². The Balaban J connectivity index is 1.40. The Morgan fingerprint density at radius 3 is 2.73 bits per heavy atom. The predicted octanol–water partition coefficient (Wildman–Crippen LogP) is 3.32. The number of rotatable bonds is 6. The molecular formula is C17H21F3N2O4. The molecule has 6 nitrogen and oxygen atoms in total. The molecule has 1 saturated heterocycles. The van der Waals surface area contributed by atoms with E-state index in [0.29, 0.717) is 31.3 Å². The number of hydrogen-bond acceptors (Lipinski definition) is 4. The van der Waals surface area contributed by atoms with Crippen LogP contribution in [0.1, 0.15) is 25.0 Å². The Labute approximate surface area is 148 Å². The van der Waals surface area contributed by atoms with Crippen molar-refractivity contribution in [2.75, 3.05) is 26.3 Å². The number of halogens is 3. The summed E-state index contributed by atoms with van der Waals surface area (Å²) in [5.41, 5.74) is 0.705. The van der Waals surface area contributed by atoms with Gasteiger partial charge in [-0.05, 0) is 36.7 Å². The summed E-state index contributed by atoms with van der Waals surface area (Å²) in [4.78, 5) is 16.4. The summed E-state index contributed by atoms with van der Waals surface area (Å²) in [6.45, 7) is 0.500. The number of carboxylic acid groups (broad SMARTS) is 1. The van der Waals surface area contributed by atoms with Gasteiger partial charge in [0.2, 0.25) is 5.88 Å². The van der Waals surface area contributed by atoms with Crippen molar-refractivity contribution < 1.29 is 32.5 Å². The first-order chi connectivity index (χ1) is 12.3. The zero-order chi connectivity index (χ0) is 18.8. The maximum Gasteiger partial charge on any atom is 0.422 e. The van der Waals surface area contributed by atoms with E-state index in [2.05, 4.69) is 9.72 Å². The summed E-state index contributed by atoms with van der Waals surface area (Å²) in [5.74, 6) is 0.329. The van der Waals surface area contributed by atoms with Gasteiger partial charge in [0.15, 0.2) is 6.61 Å². The number of piperidine rings is 1. The van der Waals surface area contributed by atoms with Crippen molar-refractivity contribution in [3.05, 3.63) is 23.9 Å². The lowest BCUT2D eigenvalue weighted by molar-refractivity contribution is -0.154. The first-order valence-electron chi connectivity index (χ1n) is 8.49. The molecule has 3 rings (SSSR count). The van der Waals surface area contributed by atoms with Crippen molar-refractivity contribution >= 4 is 6.09 Å². The lowest BCUT2D eigenvalue weighted by Crippen LogP contribution is -2.38. The van der Waals surface area contributed by atoms with Crippen molar-refractivity contribution in [3.8, 4) is 5.88 Å². The summed E-state index contributed by atoms with van der Waals surface area (Å²) in [6.07, 6.45) is -2.53. The lowest BCUT2D eigenvalue weighted by Gasteiger charge is -2.31. The highest BCUT2D eigenvalue weighted by Crippen LogP contribution is 2.59. The van der Waals surface area contributed by atoms with Gasteiger partial charge in [0.25, 0.3) is 0 Å². The minimum atomic E-state index is -4.40. The Morgan fingerprint density at radius 2 is 2.08 bits per heavy atom. The smallest absolute Gasteiger partial charge is 0.422 e. The highest BCUT2D eigenvalue weighted by atomic mass is 19.4. The Hall–Kier alpha value is -2.03. The van der Waals surface area contributed by atoms with Gasteiger partial charge in [0.1, 0.15) is 0 Å². The molecule has 1 amide bonds. The zero-order valence-corrected chi connectivity index (χ0v) is 14.2. The monoisotopic (exact) mass is 374 g/mol. The van der Waals surface area contributed by atoms with Crippen molar-refractivity contribution in [2.24, 2.45) is 11.3 Å². The molecule has 1 aliphatic heterocycles. The van der Waals surface area contributed by atoms with Crippen molar-refractivity contribution in [1.82, 2.24) is 9.88 Å². The molecule has 144 valence electrons. The summed E-state index contributed by atoms with van der Waals surface area (Å²) in [6, 6.07) is 4.63. The summed E-state index contributed by atoms with van der Waals surface area (Å²) in [5, 5.41) is 8.99. The molecule has 9 heteroatoms. The molecule has 26 heavy (non-hydrogen) atoms. The number of hydrogen-bond donors (Lipinski definition) is 1. The van der Waals surface area contributed by atoms with Crippen LogP contribution >= 0.6 is 0 Å². The van der Waals surface area contributed by atoms with Gasteiger partial charge in [-0.1, -0.05) is 6.07 Å². The number of nitrogens with zero attached hydrogens (tertiary/aromatic N) is 2. The zero-order valence-electron chi connectivity index (χ0n) is 14.2. The number of carbonyl (C=O) groups is 1. The van der Waals surface area contributed by atoms with Crippen LogP contribution in [0.5, 0.6) is 5.88 Å². The van der Waals surface area contributed by atoms with E-state index in [-0.39, 0.29) is 17.9 Å². The van der Waals surface area contributed by atoms with E-state index >= 15 is 0 Å². The number of alkyl halides is 3. The fourth-order valence-electron chi connectivity index (χ4n) is 3.50. The lowest BCUT2D eigenvalue weighted by atomic mass is 9.91. The highest BCUT2D eigenvalue weighted by molar-refractivity contribution is 5.65. The second-order valence-corrected chi connectivity index (χ2v) is 6.92. The van der Waals surface area contributed by atoms with Gasteiger partial charge in [-0.3, -0.25) is 0 Å². The minimum Gasteiger partial charge on any atom is -0.468 e. The molecule has 0 unspecified atom stereocenters. The number of pyridine rings is 1. The molecule has 2 aliphatic rings. The molecule has 1 aromatic rings.